The summed E-state index contributed by atoms with van der Waals surface area (Å²) in [6.07, 6.45) is 2.81. The molecule has 1 atom stereocenters. The first-order valence-corrected chi connectivity index (χ1v) is 11.8. The van der Waals surface area contributed by atoms with E-state index in [0.717, 1.165) is 24.8 Å². The molecule has 1 aliphatic heterocycles. The molecule has 0 saturated carbocycles. The van der Waals surface area contributed by atoms with Gasteiger partial charge >= 0.3 is 17.9 Å². The van der Waals surface area contributed by atoms with Gasteiger partial charge in [0.1, 0.15) is 11.2 Å². The van der Waals surface area contributed by atoms with Crippen molar-refractivity contribution in [2.75, 3.05) is 19.7 Å². The smallest absolute Gasteiger partial charge is 0.339 e. The lowest BCUT2D eigenvalue weighted by molar-refractivity contribution is -0.186. The molecule has 1 fully saturated rings. The molecule has 0 N–H and O–H groups in total. The van der Waals surface area contributed by atoms with Crippen molar-refractivity contribution in [1.82, 2.24) is 4.90 Å². The van der Waals surface area contributed by atoms with Crippen LogP contribution in [0.4, 0.5) is 0 Å². The van der Waals surface area contributed by atoms with Gasteiger partial charge in [0, 0.05) is 6.42 Å². The minimum absolute atomic E-state index is 0.125. The second-order valence-corrected chi connectivity index (χ2v) is 10.2. The molecule has 0 amide bonds. The number of piperidine rings is 1. The van der Waals surface area contributed by atoms with Crippen molar-refractivity contribution in [2.24, 2.45) is 0 Å². The molecule has 1 aromatic carbocycles. The quantitative estimate of drug-likeness (QED) is 0.311. The van der Waals surface area contributed by atoms with Gasteiger partial charge in [0.05, 0.1) is 13.0 Å². The molecule has 1 saturated heterocycles. The number of benzene rings is 1. The maximum atomic E-state index is 13.9. The first-order valence-electron chi connectivity index (χ1n) is 11.8. The number of nitrogens with zero attached hydrogens (tertiary/aromatic N) is 1. The fraction of sp³-hybridized carbons (Fsp3) is 0.654. The van der Waals surface area contributed by atoms with Gasteiger partial charge in [-0.05, 0) is 73.0 Å². The zero-order valence-electron chi connectivity index (χ0n) is 20.9. The molecule has 1 unspecified atom stereocenters. The molecule has 7 heteroatoms. The second-order valence-electron chi connectivity index (χ2n) is 10.2. The fourth-order valence-electron chi connectivity index (χ4n) is 4.11. The molecule has 0 radical (unpaired) electrons. The molecule has 0 spiro atoms. The van der Waals surface area contributed by atoms with Crippen LogP contribution in [-0.2, 0) is 35.0 Å². The van der Waals surface area contributed by atoms with E-state index in [1.54, 1.807) is 41.5 Å². The summed E-state index contributed by atoms with van der Waals surface area (Å²) in [6, 6.07) is 9.41. The van der Waals surface area contributed by atoms with Gasteiger partial charge in [-0.25, -0.2) is 9.59 Å². The van der Waals surface area contributed by atoms with E-state index in [1.165, 1.54) is 0 Å². The van der Waals surface area contributed by atoms with Crippen molar-refractivity contribution in [2.45, 2.75) is 90.4 Å². The van der Waals surface area contributed by atoms with E-state index in [2.05, 4.69) is 0 Å². The zero-order chi connectivity index (χ0) is 24.7. The minimum Gasteiger partial charge on any atom is -0.464 e. The van der Waals surface area contributed by atoms with Crippen LogP contribution in [0.25, 0.3) is 0 Å². The van der Waals surface area contributed by atoms with Crippen molar-refractivity contribution in [3.05, 3.63) is 35.9 Å². The number of likely N-dealkylation sites (tertiary alicyclic amines) is 1. The van der Waals surface area contributed by atoms with E-state index in [1.807, 2.05) is 35.2 Å². The van der Waals surface area contributed by atoms with Gasteiger partial charge in [0.15, 0.2) is 0 Å². The van der Waals surface area contributed by atoms with E-state index in [4.69, 9.17) is 14.2 Å². The monoisotopic (exact) mass is 461 g/mol. The SMILES string of the molecule is CCOC(=O)C(Cc1ccccc1)(C(=O)OC(C)(C)CC(=O)OC(C)(C)C)N1CCCCC1. The first kappa shape index (κ1) is 26.8. The average molecular weight is 462 g/mol. The molecular formula is C26H39NO6. The highest BCUT2D eigenvalue weighted by atomic mass is 16.6. The standard InChI is InChI=1S/C26H39NO6/c1-7-31-22(29)26(27-16-12-9-13-17-27,18-20-14-10-8-11-15-20)23(30)33-25(5,6)19-21(28)32-24(2,3)4/h8,10-11,14-15H,7,9,12-13,16-19H2,1-6H3. The predicted octanol–water partition coefficient (Wildman–Crippen LogP) is 4.07. The number of rotatable bonds is 9. The Labute approximate surface area is 197 Å². The van der Waals surface area contributed by atoms with Crippen LogP contribution in [0.2, 0.25) is 0 Å². The molecule has 184 valence electrons. The average Bonchev–Trinajstić information content (AvgIpc) is 2.71. The Morgan fingerprint density at radius 2 is 1.48 bits per heavy atom. The molecule has 2 rings (SSSR count). The number of carbonyl (C=O) groups is 3. The van der Waals surface area contributed by atoms with E-state index in [-0.39, 0.29) is 19.4 Å². The lowest BCUT2D eigenvalue weighted by atomic mass is 9.86. The van der Waals surface area contributed by atoms with Gasteiger partial charge in [0.2, 0.25) is 5.54 Å². The first-order chi connectivity index (χ1) is 15.4. The normalized spacial score (nSPS) is 17.0. The Morgan fingerprint density at radius 3 is 2.03 bits per heavy atom. The van der Waals surface area contributed by atoms with Crippen molar-refractivity contribution in [1.29, 1.82) is 0 Å². The third kappa shape index (κ3) is 7.56. The zero-order valence-corrected chi connectivity index (χ0v) is 20.9. The Hall–Kier alpha value is -2.41. The predicted molar refractivity (Wildman–Crippen MR) is 126 cm³/mol. The van der Waals surface area contributed by atoms with Crippen LogP contribution in [0.5, 0.6) is 0 Å². The van der Waals surface area contributed by atoms with E-state index >= 15 is 0 Å². The maximum absolute atomic E-state index is 13.9. The van der Waals surface area contributed by atoms with Crippen LogP contribution in [0, 0.1) is 0 Å². The number of hydrogen-bond acceptors (Lipinski definition) is 7. The van der Waals surface area contributed by atoms with E-state index in [0.29, 0.717) is 13.1 Å². The van der Waals surface area contributed by atoms with Gasteiger partial charge in [-0.3, -0.25) is 9.69 Å². The van der Waals surface area contributed by atoms with Crippen LogP contribution in [-0.4, -0.2) is 59.2 Å². The maximum Gasteiger partial charge on any atom is 0.339 e. The summed E-state index contributed by atoms with van der Waals surface area (Å²) in [5.41, 5.74) is -2.60. The van der Waals surface area contributed by atoms with E-state index in [9.17, 15) is 14.4 Å². The van der Waals surface area contributed by atoms with Crippen molar-refractivity contribution < 1.29 is 28.6 Å². The third-order valence-corrected chi connectivity index (χ3v) is 5.51. The van der Waals surface area contributed by atoms with Crippen molar-refractivity contribution >= 4 is 17.9 Å². The summed E-state index contributed by atoms with van der Waals surface area (Å²) >= 11 is 0. The summed E-state index contributed by atoms with van der Waals surface area (Å²) in [6.45, 7) is 11.7. The molecule has 33 heavy (non-hydrogen) atoms. The highest BCUT2D eigenvalue weighted by Crippen LogP contribution is 2.31. The van der Waals surface area contributed by atoms with Crippen LogP contribution in [0.3, 0.4) is 0 Å². The van der Waals surface area contributed by atoms with Gasteiger partial charge in [-0.2, -0.15) is 0 Å². The Morgan fingerprint density at radius 1 is 0.879 bits per heavy atom. The third-order valence-electron chi connectivity index (χ3n) is 5.51. The summed E-state index contributed by atoms with van der Waals surface area (Å²) in [5, 5.41) is 0. The Balaban J connectivity index is 2.40. The Kier molecular flexibility index (Phi) is 9.06. The van der Waals surface area contributed by atoms with E-state index < -0.39 is 34.6 Å². The Bertz CT molecular complexity index is 808. The van der Waals surface area contributed by atoms with Crippen molar-refractivity contribution in [3.63, 3.8) is 0 Å². The van der Waals surface area contributed by atoms with Gasteiger partial charge in [-0.15, -0.1) is 0 Å². The lowest BCUT2D eigenvalue weighted by Crippen LogP contribution is -2.65. The number of esters is 3. The molecular weight excluding hydrogens is 422 g/mol. The minimum atomic E-state index is -1.62. The summed E-state index contributed by atoms with van der Waals surface area (Å²) in [5.74, 6) is -1.78. The largest absolute Gasteiger partial charge is 0.464 e. The van der Waals surface area contributed by atoms with Gasteiger partial charge < -0.3 is 14.2 Å². The van der Waals surface area contributed by atoms with Gasteiger partial charge in [-0.1, -0.05) is 36.8 Å². The molecule has 0 aliphatic carbocycles. The highest BCUT2D eigenvalue weighted by molar-refractivity contribution is 6.05. The van der Waals surface area contributed by atoms with Gasteiger partial charge in [0.25, 0.3) is 0 Å². The molecule has 0 aromatic heterocycles. The van der Waals surface area contributed by atoms with Crippen LogP contribution in [0.1, 0.15) is 72.8 Å². The van der Waals surface area contributed by atoms with Crippen LogP contribution < -0.4 is 0 Å². The number of carbonyl (C=O) groups excluding carboxylic acids is 3. The molecule has 7 nitrogen and oxygen atoms in total. The highest BCUT2D eigenvalue weighted by Gasteiger charge is 2.55. The topological polar surface area (TPSA) is 82.1 Å². The summed E-state index contributed by atoms with van der Waals surface area (Å²) in [7, 11) is 0. The molecule has 1 aromatic rings. The van der Waals surface area contributed by atoms with Crippen LogP contribution in [0.15, 0.2) is 30.3 Å². The summed E-state index contributed by atoms with van der Waals surface area (Å²) < 4.78 is 16.7. The lowest BCUT2D eigenvalue weighted by Gasteiger charge is -2.43. The van der Waals surface area contributed by atoms with Crippen LogP contribution >= 0.6 is 0 Å². The molecule has 0 bridgehead atoms. The fourth-order valence-corrected chi connectivity index (χ4v) is 4.11. The van der Waals surface area contributed by atoms with Crippen molar-refractivity contribution in [3.8, 4) is 0 Å². The molecule has 1 aliphatic rings. The molecule has 1 heterocycles. The summed E-state index contributed by atoms with van der Waals surface area (Å²) in [4.78, 5) is 41.6. The number of ether oxygens (including phenoxy) is 3. The number of hydrogen-bond donors (Lipinski definition) is 0. The second kappa shape index (κ2) is 11.1.